The zero-order chi connectivity index (χ0) is 10.8. The molecule has 0 amide bonds. The number of halogens is 2. The Labute approximate surface area is 101 Å². The molecule has 15 heavy (non-hydrogen) atoms. The monoisotopic (exact) mass is 287 g/mol. The molecule has 0 aliphatic rings. The zero-order valence-electron chi connectivity index (χ0n) is 8.08. The zero-order valence-corrected chi connectivity index (χ0v) is 10.4. The standard InChI is InChI=1S/C10H11BrClN3/c11-7-3-4-8-10(12)14-9(2-1-5-13)15(8)6-7/h3-4,6H,1-2,5,13H2. The molecule has 0 aromatic carbocycles. The molecule has 0 bridgehead atoms. The molecule has 0 saturated heterocycles. The van der Waals surface area contributed by atoms with Gasteiger partial charge in [-0.15, -0.1) is 0 Å². The molecule has 2 aromatic heterocycles. The second-order valence-corrected chi connectivity index (χ2v) is 4.59. The van der Waals surface area contributed by atoms with E-state index < -0.39 is 0 Å². The lowest BCUT2D eigenvalue weighted by molar-refractivity contribution is 0.777. The normalized spacial score (nSPS) is 11.1. The first-order valence-corrected chi connectivity index (χ1v) is 5.91. The van der Waals surface area contributed by atoms with Crippen molar-refractivity contribution in [1.82, 2.24) is 9.38 Å². The molecule has 3 nitrogen and oxygen atoms in total. The van der Waals surface area contributed by atoms with E-state index >= 15 is 0 Å². The molecule has 0 radical (unpaired) electrons. The Balaban J connectivity index is 2.49. The SMILES string of the molecule is NCCCc1nc(Cl)c2ccc(Br)cn12. The van der Waals surface area contributed by atoms with Gasteiger partial charge in [0.25, 0.3) is 0 Å². The van der Waals surface area contributed by atoms with E-state index in [2.05, 4.69) is 20.9 Å². The van der Waals surface area contributed by atoms with Gasteiger partial charge in [-0.25, -0.2) is 4.98 Å². The van der Waals surface area contributed by atoms with Crippen molar-refractivity contribution in [3.05, 3.63) is 33.8 Å². The number of nitrogens with zero attached hydrogens (tertiary/aromatic N) is 2. The molecule has 2 rings (SSSR count). The fraction of sp³-hybridized carbons (Fsp3) is 0.300. The van der Waals surface area contributed by atoms with Crippen LogP contribution >= 0.6 is 27.5 Å². The van der Waals surface area contributed by atoms with E-state index in [4.69, 9.17) is 17.3 Å². The highest BCUT2D eigenvalue weighted by molar-refractivity contribution is 9.10. The molecule has 0 fully saturated rings. The van der Waals surface area contributed by atoms with E-state index in [0.29, 0.717) is 11.7 Å². The number of rotatable bonds is 3. The van der Waals surface area contributed by atoms with Crippen molar-refractivity contribution in [2.45, 2.75) is 12.8 Å². The maximum atomic E-state index is 6.03. The predicted octanol–water partition coefficient (Wildman–Crippen LogP) is 2.64. The lowest BCUT2D eigenvalue weighted by atomic mass is 10.3. The van der Waals surface area contributed by atoms with Gasteiger partial charge in [0.05, 0.1) is 5.52 Å². The molecular formula is C10H11BrClN3. The van der Waals surface area contributed by atoms with Crippen LogP contribution in [-0.4, -0.2) is 15.9 Å². The summed E-state index contributed by atoms with van der Waals surface area (Å²) >= 11 is 9.46. The molecule has 2 N–H and O–H groups in total. The van der Waals surface area contributed by atoms with Crippen LogP contribution in [-0.2, 0) is 6.42 Å². The minimum absolute atomic E-state index is 0.550. The van der Waals surface area contributed by atoms with Gasteiger partial charge in [-0.1, -0.05) is 11.6 Å². The van der Waals surface area contributed by atoms with Crippen molar-refractivity contribution in [1.29, 1.82) is 0 Å². The Morgan fingerprint density at radius 2 is 2.27 bits per heavy atom. The fourth-order valence-corrected chi connectivity index (χ4v) is 2.11. The van der Waals surface area contributed by atoms with Crippen LogP contribution in [0.25, 0.3) is 5.52 Å². The number of fused-ring (bicyclic) bond motifs is 1. The van der Waals surface area contributed by atoms with E-state index in [-0.39, 0.29) is 0 Å². The molecule has 0 unspecified atom stereocenters. The largest absolute Gasteiger partial charge is 0.330 e. The van der Waals surface area contributed by atoms with Crippen LogP contribution in [0.15, 0.2) is 22.8 Å². The highest BCUT2D eigenvalue weighted by atomic mass is 79.9. The van der Waals surface area contributed by atoms with Crippen LogP contribution in [0.2, 0.25) is 5.15 Å². The minimum Gasteiger partial charge on any atom is -0.330 e. The molecule has 80 valence electrons. The highest BCUT2D eigenvalue weighted by Gasteiger charge is 2.08. The average Bonchev–Trinajstić information content (AvgIpc) is 2.52. The molecular weight excluding hydrogens is 277 g/mol. The van der Waals surface area contributed by atoms with Gasteiger partial charge < -0.3 is 10.1 Å². The average molecular weight is 289 g/mol. The number of aromatic nitrogens is 2. The Morgan fingerprint density at radius 3 is 3.00 bits per heavy atom. The summed E-state index contributed by atoms with van der Waals surface area (Å²) in [5, 5.41) is 0.550. The van der Waals surface area contributed by atoms with E-state index in [0.717, 1.165) is 28.7 Å². The van der Waals surface area contributed by atoms with E-state index in [9.17, 15) is 0 Å². The summed E-state index contributed by atoms with van der Waals surface area (Å²) in [6.45, 7) is 0.667. The van der Waals surface area contributed by atoms with Crippen LogP contribution < -0.4 is 5.73 Å². The smallest absolute Gasteiger partial charge is 0.155 e. The third-order valence-electron chi connectivity index (χ3n) is 2.23. The maximum Gasteiger partial charge on any atom is 0.155 e. The second kappa shape index (κ2) is 4.51. The van der Waals surface area contributed by atoms with Crippen molar-refractivity contribution in [2.75, 3.05) is 6.54 Å². The second-order valence-electron chi connectivity index (χ2n) is 3.31. The predicted molar refractivity (Wildman–Crippen MR) is 65.3 cm³/mol. The highest BCUT2D eigenvalue weighted by Crippen LogP contribution is 2.21. The summed E-state index contributed by atoms with van der Waals surface area (Å²) < 4.78 is 3.01. The van der Waals surface area contributed by atoms with Crippen LogP contribution in [0.1, 0.15) is 12.2 Å². The summed E-state index contributed by atoms with van der Waals surface area (Å²) in [7, 11) is 0. The van der Waals surface area contributed by atoms with Gasteiger partial charge in [0.2, 0.25) is 0 Å². The van der Waals surface area contributed by atoms with Gasteiger partial charge in [0.15, 0.2) is 5.15 Å². The number of hydrogen-bond donors (Lipinski definition) is 1. The van der Waals surface area contributed by atoms with Crippen molar-refractivity contribution in [3.8, 4) is 0 Å². The molecule has 5 heteroatoms. The Hall–Kier alpha value is -0.580. The van der Waals surface area contributed by atoms with Crippen LogP contribution in [0.4, 0.5) is 0 Å². The van der Waals surface area contributed by atoms with Crippen LogP contribution in [0.3, 0.4) is 0 Å². The minimum atomic E-state index is 0.550. The van der Waals surface area contributed by atoms with E-state index in [1.807, 2.05) is 22.7 Å². The summed E-state index contributed by atoms with van der Waals surface area (Å²) in [5.74, 6) is 0.960. The van der Waals surface area contributed by atoms with Crippen LogP contribution in [0.5, 0.6) is 0 Å². The summed E-state index contributed by atoms with van der Waals surface area (Å²) in [5.41, 5.74) is 6.41. The first-order valence-electron chi connectivity index (χ1n) is 4.74. The fourth-order valence-electron chi connectivity index (χ4n) is 1.52. The third kappa shape index (κ3) is 2.17. The van der Waals surface area contributed by atoms with E-state index in [1.165, 1.54) is 0 Å². The number of nitrogens with two attached hydrogens (primary N) is 1. The van der Waals surface area contributed by atoms with Gasteiger partial charge in [-0.2, -0.15) is 0 Å². The van der Waals surface area contributed by atoms with Gasteiger partial charge >= 0.3 is 0 Å². The van der Waals surface area contributed by atoms with Crippen LogP contribution in [0, 0.1) is 0 Å². The molecule has 2 aromatic rings. The third-order valence-corrected chi connectivity index (χ3v) is 2.98. The number of hydrogen-bond acceptors (Lipinski definition) is 2. The number of imidazole rings is 1. The molecule has 0 aliphatic heterocycles. The quantitative estimate of drug-likeness (QED) is 0.943. The van der Waals surface area contributed by atoms with Crippen molar-refractivity contribution in [2.24, 2.45) is 5.73 Å². The molecule has 0 spiro atoms. The van der Waals surface area contributed by atoms with Crippen molar-refractivity contribution >= 4 is 33.0 Å². The van der Waals surface area contributed by atoms with Gasteiger partial charge in [-0.3, -0.25) is 0 Å². The molecule has 0 aliphatic carbocycles. The molecule has 2 heterocycles. The lowest BCUT2D eigenvalue weighted by Crippen LogP contribution is -2.03. The van der Waals surface area contributed by atoms with Crippen molar-refractivity contribution < 1.29 is 0 Å². The van der Waals surface area contributed by atoms with E-state index in [1.54, 1.807) is 0 Å². The topological polar surface area (TPSA) is 43.3 Å². The lowest BCUT2D eigenvalue weighted by Gasteiger charge is -2.00. The first-order chi connectivity index (χ1) is 7.22. The Bertz CT molecular complexity index is 481. The van der Waals surface area contributed by atoms with Gasteiger partial charge in [0, 0.05) is 17.1 Å². The number of aryl methyl sites for hydroxylation is 1. The summed E-state index contributed by atoms with van der Waals surface area (Å²) in [6.07, 6.45) is 3.74. The Morgan fingerprint density at radius 1 is 1.47 bits per heavy atom. The summed E-state index contributed by atoms with van der Waals surface area (Å²) in [6, 6.07) is 3.90. The first kappa shape index (κ1) is 10.9. The maximum absolute atomic E-state index is 6.03. The number of pyridine rings is 1. The van der Waals surface area contributed by atoms with Crippen molar-refractivity contribution in [3.63, 3.8) is 0 Å². The van der Waals surface area contributed by atoms with Gasteiger partial charge in [-0.05, 0) is 41.0 Å². The molecule has 0 atom stereocenters. The summed E-state index contributed by atoms with van der Waals surface area (Å²) in [4.78, 5) is 4.32. The Kier molecular flexibility index (Phi) is 3.29. The molecule has 0 saturated carbocycles. The van der Waals surface area contributed by atoms with Gasteiger partial charge in [0.1, 0.15) is 5.82 Å².